The Labute approximate surface area is 102 Å². The van der Waals surface area contributed by atoms with Crippen LogP contribution in [0, 0.1) is 0 Å². The van der Waals surface area contributed by atoms with Crippen LogP contribution in [0.3, 0.4) is 0 Å². The van der Waals surface area contributed by atoms with Gasteiger partial charge in [-0.15, -0.1) is 0 Å². The van der Waals surface area contributed by atoms with Crippen molar-refractivity contribution in [1.29, 1.82) is 0 Å². The van der Waals surface area contributed by atoms with E-state index in [2.05, 4.69) is 21.2 Å². The summed E-state index contributed by atoms with van der Waals surface area (Å²) in [7, 11) is 0. The third-order valence-electron chi connectivity index (χ3n) is 2.63. The monoisotopic (exact) mass is 281 g/mol. The van der Waals surface area contributed by atoms with E-state index in [1.54, 1.807) is 6.08 Å². The number of aliphatic carboxylic acids is 1. The summed E-state index contributed by atoms with van der Waals surface area (Å²) in [4.78, 5) is 10.9. The van der Waals surface area contributed by atoms with E-state index in [0.29, 0.717) is 18.5 Å². The summed E-state index contributed by atoms with van der Waals surface area (Å²) >= 11 is 3.37. The Morgan fingerprint density at radius 3 is 2.69 bits per heavy atom. The lowest BCUT2D eigenvalue weighted by Gasteiger charge is -2.21. The van der Waals surface area contributed by atoms with Crippen molar-refractivity contribution in [3.8, 4) is 0 Å². The van der Waals surface area contributed by atoms with Crippen LogP contribution < -0.4 is 5.32 Å². The minimum absolute atomic E-state index is 0.00736. The fourth-order valence-electron chi connectivity index (χ4n) is 1.77. The number of carboxylic acids is 1. The van der Waals surface area contributed by atoms with Crippen LogP contribution in [0.25, 0.3) is 0 Å². The molecular formula is C12H12BrNO2. The van der Waals surface area contributed by atoms with E-state index in [-0.39, 0.29) is 6.04 Å². The summed E-state index contributed by atoms with van der Waals surface area (Å²) in [5.74, 6) is -0.816. The first-order valence-corrected chi connectivity index (χ1v) is 5.89. The van der Waals surface area contributed by atoms with Crippen LogP contribution in [0.15, 0.2) is 40.4 Å². The number of halogens is 1. The van der Waals surface area contributed by atoms with Crippen molar-refractivity contribution in [2.75, 3.05) is 6.54 Å². The normalized spacial score (nSPS) is 20.3. The van der Waals surface area contributed by atoms with E-state index in [1.807, 2.05) is 24.3 Å². The molecule has 0 bridgehead atoms. The third-order valence-corrected chi connectivity index (χ3v) is 3.16. The number of hydrogen-bond donors (Lipinski definition) is 2. The van der Waals surface area contributed by atoms with E-state index in [4.69, 9.17) is 5.11 Å². The van der Waals surface area contributed by atoms with Crippen molar-refractivity contribution in [1.82, 2.24) is 5.32 Å². The quantitative estimate of drug-likeness (QED) is 0.876. The molecule has 1 aliphatic rings. The van der Waals surface area contributed by atoms with Gasteiger partial charge < -0.3 is 10.4 Å². The molecule has 1 aromatic carbocycles. The molecule has 0 saturated heterocycles. The van der Waals surface area contributed by atoms with Gasteiger partial charge in [0.15, 0.2) is 0 Å². The van der Waals surface area contributed by atoms with Crippen LogP contribution in [0.4, 0.5) is 0 Å². The molecule has 0 saturated carbocycles. The predicted molar refractivity (Wildman–Crippen MR) is 65.2 cm³/mol. The first kappa shape index (κ1) is 11.4. The highest BCUT2D eigenvalue weighted by atomic mass is 79.9. The number of nitrogens with one attached hydrogen (secondary N) is 1. The smallest absolute Gasteiger partial charge is 0.331 e. The number of carbonyl (C=O) groups is 1. The van der Waals surface area contributed by atoms with E-state index < -0.39 is 5.97 Å². The van der Waals surface area contributed by atoms with Crippen molar-refractivity contribution in [2.45, 2.75) is 12.5 Å². The number of rotatable bonds is 2. The molecule has 1 unspecified atom stereocenters. The van der Waals surface area contributed by atoms with E-state index in [0.717, 1.165) is 10.0 Å². The lowest BCUT2D eigenvalue weighted by atomic mass is 9.99. The van der Waals surface area contributed by atoms with Gasteiger partial charge in [0.25, 0.3) is 0 Å². The van der Waals surface area contributed by atoms with Gasteiger partial charge >= 0.3 is 5.97 Å². The van der Waals surface area contributed by atoms with Crippen LogP contribution >= 0.6 is 15.9 Å². The Morgan fingerprint density at radius 1 is 1.38 bits per heavy atom. The number of benzene rings is 1. The highest BCUT2D eigenvalue weighted by Gasteiger charge is 2.18. The molecule has 2 N–H and O–H groups in total. The second-order valence-corrected chi connectivity index (χ2v) is 4.65. The molecule has 0 spiro atoms. The fraction of sp³-hybridized carbons (Fsp3) is 0.250. The second kappa shape index (κ2) is 4.80. The van der Waals surface area contributed by atoms with Crippen molar-refractivity contribution in [3.05, 3.63) is 46.0 Å². The molecule has 16 heavy (non-hydrogen) atoms. The molecule has 0 aromatic heterocycles. The molecule has 2 rings (SSSR count). The van der Waals surface area contributed by atoms with Crippen molar-refractivity contribution in [3.63, 3.8) is 0 Å². The molecule has 1 aromatic rings. The first-order chi connectivity index (χ1) is 7.66. The maximum absolute atomic E-state index is 10.9. The Hall–Kier alpha value is -1.13. The predicted octanol–water partition coefficient (Wildman–Crippen LogP) is 2.49. The highest BCUT2D eigenvalue weighted by Crippen LogP contribution is 2.22. The summed E-state index contributed by atoms with van der Waals surface area (Å²) in [5, 5.41) is 12.2. The average molecular weight is 282 g/mol. The molecule has 1 atom stereocenters. The molecule has 84 valence electrons. The van der Waals surface area contributed by atoms with Gasteiger partial charge in [-0.05, 0) is 24.1 Å². The van der Waals surface area contributed by atoms with Crippen LogP contribution in [0.2, 0.25) is 0 Å². The van der Waals surface area contributed by atoms with Gasteiger partial charge in [-0.2, -0.15) is 0 Å². The zero-order chi connectivity index (χ0) is 11.5. The molecule has 0 aliphatic carbocycles. The summed E-state index contributed by atoms with van der Waals surface area (Å²) < 4.78 is 1.02. The SMILES string of the molecule is O=C(O)C1=CC(c2ccc(Br)cc2)NCC1. The van der Waals surface area contributed by atoms with E-state index in [1.165, 1.54) is 0 Å². The first-order valence-electron chi connectivity index (χ1n) is 5.09. The fourth-order valence-corrected chi connectivity index (χ4v) is 2.03. The van der Waals surface area contributed by atoms with Crippen LogP contribution in [0.5, 0.6) is 0 Å². The minimum Gasteiger partial charge on any atom is -0.478 e. The summed E-state index contributed by atoms with van der Waals surface area (Å²) in [5.41, 5.74) is 1.58. The highest BCUT2D eigenvalue weighted by molar-refractivity contribution is 9.10. The lowest BCUT2D eigenvalue weighted by Crippen LogP contribution is -2.27. The van der Waals surface area contributed by atoms with Crippen molar-refractivity contribution < 1.29 is 9.90 Å². The largest absolute Gasteiger partial charge is 0.478 e. The van der Waals surface area contributed by atoms with E-state index in [9.17, 15) is 4.79 Å². The van der Waals surface area contributed by atoms with Gasteiger partial charge in [-0.3, -0.25) is 0 Å². The molecule has 0 fully saturated rings. The van der Waals surface area contributed by atoms with Gasteiger partial charge in [0.1, 0.15) is 0 Å². The zero-order valence-corrected chi connectivity index (χ0v) is 10.2. The second-order valence-electron chi connectivity index (χ2n) is 3.73. The molecule has 0 radical (unpaired) electrons. The van der Waals surface area contributed by atoms with Crippen LogP contribution in [-0.4, -0.2) is 17.6 Å². The topological polar surface area (TPSA) is 49.3 Å². The van der Waals surface area contributed by atoms with Crippen molar-refractivity contribution in [2.24, 2.45) is 0 Å². The summed E-state index contributed by atoms with van der Waals surface area (Å²) in [6.45, 7) is 0.707. The third kappa shape index (κ3) is 2.51. The average Bonchev–Trinajstić information content (AvgIpc) is 2.30. The van der Waals surface area contributed by atoms with Gasteiger partial charge in [0.2, 0.25) is 0 Å². The summed E-state index contributed by atoms with van der Waals surface area (Å²) in [6.07, 6.45) is 2.37. The minimum atomic E-state index is -0.816. The Kier molecular flexibility index (Phi) is 3.41. The zero-order valence-electron chi connectivity index (χ0n) is 8.61. The number of hydrogen-bond acceptors (Lipinski definition) is 2. The van der Waals surface area contributed by atoms with E-state index >= 15 is 0 Å². The number of carboxylic acid groups (broad SMARTS) is 1. The lowest BCUT2D eigenvalue weighted by molar-refractivity contribution is -0.132. The Bertz CT molecular complexity index is 425. The van der Waals surface area contributed by atoms with Gasteiger partial charge in [-0.25, -0.2) is 4.79 Å². The van der Waals surface area contributed by atoms with Gasteiger partial charge in [-0.1, -0.05) is 34.1 Å². The van der Waals surface area contributed by atoms with Gasteiger partial charge in [0, 0.05) is 16.6 Å². The molecule has 0 amide bonds. The molecular weight excluding hydrogens is 270 g/mol. The molecule has 1 heterocycles. The summed E-state index contributed by atoms with van der Waals surface area (Å²) in [6, 6.07) is 7.90. The Balaban J connectivity index is 2.24. The van der Waals surface area contributed by atoms with Crippen LogP contribution in [0.1, 0.15) is 18.0 Å². The standard InChI is InChI=1S/C12H12BrNO2/c13-10-3-1-8(2-4-10)11-7-9(12(15)16)5-6-14-11/h1-4,7,11,14H,5-6H2,(H,15,16). The molecule has 1 aliphatic heterocycles. The molecule has 4 heteroatoms. The van der Waals surface area contributed by atoms with Gasteiger partial charge in [0.05, 0.1) is 6.04 Å². The Morgan fingerprint density at radius 2 is 2.06 bits per heavy atom. The molecule has 3 nitrogen and oxygen atoms in total. The van der Waals surface area contributed by atoms with Crippen molar-refractivity contribution >= 4 is 21.9 Å². The maximum atomic E-state index is 10.9. The maximum Gasteiger partial charge on any atom is 0.331 e. The van der Waals surface area contributed by atoms with Crippen LogP contribution in [-0.2, 0) is 4.79 Å².